The zero-order valence-electron chi connectivity index (χ0n) is 18.1. The third-order valence-corrected chi connectivity index (χ3v) is 5.46. The first-order valence-corrected chi connectivity index (χ1v) is 10.6. The highest BCUT2D eigenvalue weighted by Crippen LogP contribution is 2.21. The molecule has 0 atom stereocenters. The first kappa shape index (κ1) is 20.4. The largest absolute Gasteiger partial charge is 0.333 e. The average Bonchev–Trinajstić information content (AvgIpc) is 3.51. The standard InChI is InChI=1S/C26H22N6O/c1-19-25(26(33)28-23-11-7-20(8-12-23)17-31-16-15-27-18-31)29-30-32(19)24-13-9-22(10-14-24)21-5-3-2-4-6-21/h2-16,18H,17H2,1H3,(H,28,33). The van der Waals surface area contributed by atoms with E-state index in [1.165, 1.54) is 0 Å². The Hall–Kier alpha value is -4.52. The summed E-state index contributed by atoms with van der Waals surface area (Å²) in [5.74, 6) is -0.290. The highest BCUT2D eigenvalue weighted by Gasteiger charge is 2.17. The minimum atomic E-state index is -0.290. The molecule has 2 heterocycles. The van der Waals surface area contributed by atoms with Crippen molar-refractivity contribution in [3.05, 3.63) is 115 Å². The Morgan fingerprint density at radius 2 is 1.64 bits per heavy atom. The molecule has 3 aromatic carbocycles. The number of nitrogens with one attached hydrogen (secondary N) is 1. The summed E-state index contributed by atoms with van der Waals surface area (Å²) in [5, 5.41) is 11.2. The molecule has 0 bridgehead atoms. The van der Waals surface area contributed by atoms with Crippen LogP contribution in [0.4, 0.5) is 5.69 Å². The number of nitrogens with zero attached hydrogens (tertiary/aromatic N) is 5. The number of anilines is 1. The molecule has 0 aliphatic heterocycles. The summed E-state index contributed by atoms with van der Waals surface area (Å²) >= 11 is 0. The van der Waals surface area contributed by atoms with Gasteiger partial charge in [0.15, 0.2) is 5.69 Å². The van der Waals surface area contributed by atoms with Gasteiger partial charge in [0.25, 0.3) is 5.91 Å². The van der Waals surface area contributed by atoms with E-state index in [9.17, 15) is 4.79 Å². The normalized spacial score (nSPS) is 10.8. The van der Waals surface area contributed by atoms with Crippen molar-refractivity contribution < 1.29 is 4.79 Å². The lowest BCUT2D eigenvalue weighted by molar-refractivity contribution is 0.102. The van der Waals surface area contributed by atoms with E-state index in [0.717, 1.165) is 28.9 Å². The summed E-state index contributed by atoms with van der Waals surface area (Å²) in [6.07, 6.45) is 5.44. The highest BCUT2D eigenvalue weighted by molar-refractivity contribution is 6.03. The molecular weight excluding hydrogens is 412 g/mol. The van der Waals surface area contributed by atoms with Crippen LogP contribution in [0.2, 0.25) is 0 Å². The van der Waals surface area contributed by atoms with Crippen LogP contribution in [0.5, 0.6) is 0 Å². The molecule has 1 amide bonds. The molecule has 0 spiro atoms. The lowest BCUT2D eigenvalue weighted by Gasteiger charge is -2.07. The molecule has 0 aliphatic rings. The number of carbonyl (C=O) groups is 1. The number of aromatic nitrogens is 5. The third kappa shape index (κ3) is 4.43. The molecule has 0 unspecified atom stereocenters. The SMILES string of the molecule is Cc1c(C(=O)Nc2ccc(Cn3ccnc3)cc2)nnn1-c1ccc(-c2ccccc2)cc1. The third-order valence-electron chi connectivity index (χ3n) is 5.46. The lowest BCUT2D eigenvalue weighted by atomic mass is 10.1. The zero-order valence-corrected chi connectivity index (χ0v) is 18.1. The van der Waals surface area contributed by atoms with Gasteiger partial charge in [-0.05, 0) is 47.9 Å². The molecule has 0 saturated heterocycles. The summed E-state index contributed by atoms with van der Waals surface area (Å²) in [7, 11) is 0. The van der Waals surface area contributed by atoms with Gasteiger partial charge in [-0.25, -0.2) is 9.67 Å². The van der Waals surface area contributed by atoms with Crippen molar-refractivity contribution in [3.63, 3.8) is 0 Å². The van der Waals surface area contributed by atoms with Crippen molar-refractivity contribution in [1.29, 1.82) is 0 Å². The van der Waals surface area contributed by atoms with Gasteiger partial charge in [0, 0.05) is 24.6 Å². The van der Waals surface area contributed by atoms with E-state index in [1.54, 1.807) is 17.2 Å². The van der Waals surface area contributed by atoms with E-state index < -0.39 is 0 Å². The Kier molecular flexibility index (Phi) is 5.51. The first-order chi connectivity index (χ1) is 16.2. The second-order valence-electron chi connectivity index (χ2n) is 7.73. The molecule has 7 heteroatoms. The monoisotopic (exact) mass is 434 g/mol. The van der Waals surface area contributed by atoms with Crippen molar-refractivity contribution >= 4 is 11.6 Å². The van der Waals surface area contributed by atoms with Crippen LogP contribution in [0.3, 0.4) is 0 Å². The predicted molar refractivity (Wildman–Crippen MR) is 127 cm³/mol. The van der Waals surface area contributed by atoms with Gasteiger partial charge in [0.2, 0.25) is 0 Å². The molecule has 5 aromatic rings. The predicted octanol–water partition coefficient (Wildman–Crippen LogP) is 4.74. The second-order valence-corrected chi connectivity index (χ2v) is 7.73. The molecule has 33 heavy (non-hydrogen) atoms. The lowest BCUT2D eigenvalue weighted by Crippen LogP contribution is -2.14. The van der Waals surface area contributed by atoms with E-state index >= 15 is 0 Å². The number of imidazole rings is 1. The van der Waals surface area contributed by atoms with Gasteiger partial charge >= 0.3 is 0 Å². The van der Waals surface area contributed by atoms with Crippen molar-refractivity contribution in [1.82, 2.24) is 24.5 Å². The molecule has 7 nitrogen and oxygen atoms in total. The van der Waals surface area contributed by atoms with Crippen LogP contribution >= 0.6 is 0 Å². The Balaban J connectivity index is 1.29. The van der Waals surface area contributed by atoms with Gasteiger partial charge in [0.05, 0.1) is 17.7 Å². The van der Waals surface area contributed by atoms with Crippen LogP contribution in [0, 0.1) is 6.92 Å². The fraction of sp³-hybridized carbons (Fsp3) is 0.0769. The molecule has 162 valence electrons. The van der Waals surface area contributed by atoms with Crippen molar-refractivity contribution in [2.24, 2.45) is 0 Å². The molecule has 5 rings (SSSR count). The van der Waals surface area contributed by atoms with Gasteiger partial charge in [-0.15, -0.1) is 5.10 Å². The van der Waals surface area contributed by atoms with E-state index in [2.05, 4.69) is 32.7 Å². The average molecular weight is 435 g/mol. The van der Waals surface area contributed by atoms with Crippen LogP contribution in [-0.4, -0.2) is 30.5 Å². The molecule has 0 radical (unpaired) electrons. The van der Waals surface area contributed by atoms with Crippen molar-refractivity contribution in [3.8, 4) is 16.8 Å². The highest BCUT2D eigenvalue weighted by atomic mass is 16.2. The Labute approximate surface area is 191 Å². The van der Waals surface area contributed by atoms with Crippen LogP contribution in [-0.2, 0) is 6.54 Å². The minimum Gasteiger partial charge on any atom is -0.333 e. The topological polar surface area (TPSA) is 77.6 Å². The van der Waals surface area contributed by atoms with Crippen LogP contribution < -0.4 is 5.32 Å². The zero-order chi connectivity index (χ0) is 22.6. The minimum absolute atomic E-state index is 0.290. The van der Waals surface area contributed by atoms with E-state index in [1.807, 2.05) is 84.4 Å². The van der Waals surface area contributed by atoms with Gasteiger partial charge in [-0.3, -0.25) is 4.79 Å². The second kappa shape index (κ2) is 8.92. The molecule has 0 saturated carbocycles. The maximum Gasteiger partial charge on any atom is 0.278 e. The van der Waals surface area contributed by atoms with E-state index in [-0.39, 0.29) is 5.91 Å². The fourth-order valence-corrected chi connectivity index (χ4v) is 3.68. The first-order valence-electron chi connectivity index (χ1n) is 10.6. The molecular formula is C26H22N6O. The number of hydrogen-bond acceptors (Lipinski definition) is 4. The Morgan fingerprint density at radius 3 is 2.33 bits per heavy atom. The van der Waals surface area contributed by atoms with Gasteiger partial charge in [-0.1, -0.05) is 59.8 Å². The van der Waals surface area contributed by atoms with Gasteiger partial charge in [-0.2, -0.15) is 0 Å². The number of amides is 1. The van der Waals surface area contributed by atoms with Crippen LogP contribution in [0.25, 0.3) is 16.8 Å². The van der Waals surface area contributed by atoms with Gasteiger partial charge < -0.3 is 9.88 Å². The summed E-state index contributed by atoms with van der Waals surface area (Å²) in [4.78, 5) is 16.9. The number of benzene rings is 3. The molecule has 2 aromatic heterocycles. The summed E-state index contributed by atoms with van der Waals surface area (Å²) in [5.41, 5.74) is 5.91. The number of hydrogen-bond donors (Lipinski definition) is 1. The molecule has 1 N–H and O–H groups in total. The number of carbonyl (C=O) groups excluding carboxylic acids is 1. The number of rotatable bonds is 6. The quantitative estimate of drug-likeness (QED) is 0.419. The van der Waals surface area contributed by atoms with Crippen molar-refractivity contribution in [2.75, 3.05) is 5.32 Å². The van der Waals surface area contributed by atoms with E-state index in [0.29, 0.717) is 17.1 Å². The summed E-state index contributed by atoms with van der Waals surface area (Å²) in [6.45, 7) is 2.57. The van der Waals surface area contributed by atoms with Gasteiger partial charge in [0.1, 0.15) is 0 Å². The summed E-state index contributed by atoms with van der Waals surface area (Å²) in [6, 6.07) is 25.9. The Bertz CT molecular complexity index is 1360. The van der Waals surface area contributed by atoms with Crippen molar-refractivity contribution in [2.45, 2.75) is 13.5 Å². The smallest absolute Gasteiger partial charge is 0.278 e. The van der Waals surface area contributed by atoms with Crippen LogP contribution in [0.1, 0.15) is 21.7 Å². The Morgan fingerprint density at radius 1 is 0.909 bits per heavy atom. The summed E-state index contributed by atoms with van der Waals surface area (Å²) < 4.78 is 3.67. The molecule has 0 fully saturated rings. The maximum absolute atomic E-state index is 12.8. The molecule has 0 aliphatic carbocycles. The fourth-order valence-electron chi connectivity index (χ4n) is 3.68. The van der Waals surface area contributed by atoms with E-state index in [4.69, 9.17) is 0 Å². The van der Waals surface area contributed by atoms with Crippen LogP contribution in [0.15, 0.2) is 97.6 Å². The maximum atomic E-state index is 12.8.